The number of hydrogen-bond acceptors (Lipinski definition) is 2. The zero-order valence-corrected chi connectivity index (χ0v) is 12.1. The van der Waals surface area contributed by atoms with Crippen LogP contribution in [0.1, 0.15) is 37.6 Å². The third-order valence-electron chi connectivity index (χ3n) is 2.41. The fourth-order valence-electron chi connectivity index (χ4n) is 1.72. The van der Waals surface area contributed by atoms with E-state index in [2.05, 4.69) is 29.8 Å². The molecule has 0 aromatic heterocycles. The molecule has 5 heteroatoms. The molecular formula is C13H16BrFO3. The van der Waals surface area contributed by atoms with Crippen molar-refractivity contribution in [1.82, 2.24) is 0 Å². The van der Waals surface area contributed by atoms with E-state index >= 15 is 0 Å². The van der Waals surface area contributed by atoms with Gasteiger partial charge in [0, 0.05) is 0 Å². The fraction of sp³-hybridized carbons (Fsp3) is 0.462. The van der Waals surface area contributed by atoms with Crippen molar-refractivity contribution < 1.29 is 19.0 Å². The van der Waals surface area contributed by atoms with Crippen molar-refractivity contribution in [3.05, 3.63) is 28.0 Å². The van der Waals surface area contributed by atoms with E-state index in [1.807, 2.05) is 6.92 Å². The Hall–Kier alpha value is -1.10. The molecule has 1 aromatic carbocycles. The Morgan fingerprint density at radius 1 is 1.44 bits per heavy atom. The predicted molar refractivity (Wildman–Crippen MR) is 70.6 cm³/mol. The van der Waals surface area contributed by atoms with Crippen molar-refractivity contribution in [2.24, 2.45) is 5.92 Å². The summed E-state index contributed by atoms with van der Waals surface area (Å²) in [4.78, 5) is 10.8. The molecule has 0 amide bonds. The number of rotatable bonds is 5. The number of hydrogen-bond donors (Lipinski definition) is 1. The van der Waals surface area contributed by atoms with Crippen LogP contribution in [0.5, 0.6) is 5.75 Å². The van der Waals surface area contributed by atoms with Gasteiger partial charge in [0.1, 0.15) is 0 Å². The molecule has 0 aliphatic carbocycles. The highest BCUT2D eigenvalue weighted by Gasteiger charge is 2.18. The number of benzene rings is 1. The van der Waals surface area contributed by atoms with Gasteiger partial charge in [-0.15, -0.1) is 0 Å². The van der Waals surface area contributed by atoms with Gasteiger partial charge in [-0.05, 0) is 47.3 Å². The Labute approximate surface area is 114 Å². The summed E-state index contributed by atoms with van der Waals surface area (Å²) >= 11 is 2.94. The first-order valence-corrected chi connectivity index (χ1v) is 6.50. The van der Waals surface area contributed by atoms with Crippen molar-refractivity contribution in [2.75, 3.05) is 0 Å². The van der Waals surface area contributed by atoms with Crippen LogP contribution >= 0.6 is 15.9 Å². The van der Waals surface area contributed by atoms with Crippen molar-refractivity contribution in [1.29, 1.82) is 0 Å². The van der Waals surface area contributed by atoms with Gasteiger partial charge in [-0.3, -0.25) is 0 Å². The third-order valence-corrected chi connectivity index (χ3v) is 3.18. The molecule has 0 fully saturated rings. The largest absolute Gasteiger partial charge is 0.488 e. The normalized spacial score (nSPS) is 12.6. The number of aromatic carboxylic acids is 1. The molecule has 0 saturated carbocycles. The topological polar surface area (TPSA) is 46.5 Å². The molecule has 100 valence electrons. The maximum atomic E-state index is 13.9. The van der Waals surface area contributed by atoms with Gasteiger partial charge in [0.15, 0.2) is 11.6 Å². The first-order chi connectivity index (χ1) is 8.32. The SMILES string of the molecule is CC(C)CC(C)Oc1ccc(C(=O)O)c(Br)c1F. The lowest BCUT2D eigenvalue weighted by Gasteiger charge is -2.17. The summed E-state index contributed by atoms with van der Waals surface area (Å²) in [5.41, 5.74) is -0.114. The molecule has 1 N–H and O–H groups in total. The van der Waals surface area contributed by atoms with Crippen LogP contribution in [-0.2, 0) is 0 Å². The maximum Gasteiger partial charge on any atom is 0.336 e. The van der Waals surface area contributed by atoms with Crippen LogP contribution in [0.4, 0.5) is 4.39 Å². The minimum absolute atomic E-state index is 0.0695. The summed E-state index contributed by atoms with van der Waals surface area (Å²) in [5, 5.41) is 8.84. The van der Waals surface area contributed by atoms with E-state index in [0.29, 0.717) is 5.92 Å². The molecule has 0 bridgehead atoms. The second kappa shape index (κ2) is 6.18. The second-order valence-corrected chi connectivity index (χ2v) is 5.40. The Morgan fingerprint density at radius 2 is 2.06 bits per heavy atom. The zero-order valence-electron chi connectivity index (χ0n) is 10.5. The maximum absolute atomic E-state index is 13.9. The highest BCUT2D eigenvalue weighted by atomic mass is 79.9. The van der Waals surface area contributed by atoms with Gasteiger partial charge in [0.2, 0.25) is 0 Å². The van der Waals surface area contributed by atoms with Crippen LogP contribution in [0.2, 0.25) is 0 Å². The average Bonchev–Trinajstić information content (AvgIpc) is 2.23. The Bertz CT molecular complexity index is 446. The Morgan fingerprint density at radius 3 is 2.56 bits per heavy atom. The van der Waals surface area contributed by atoms with Crippen LogP contribution in [0.3, 0.4) is 0 Å². The first-order valence-electron chi connectivity index (χ1n) is 5.70. The van der Waals surface area contributed by atoms with Crippen LogP contribution in [0.25, 0.3) is 0 Å². The molecule has 1 unspecified atom stereocenters. The predicted octanol–water partition coefficient (Wildman–Crippen LogP) is 4.10. The summed E-state index contributed by atoms with van der Waals surface area (Å²) in [7, 11) is 0. The molecule has 0 heterocycles. The van der Waals surface area contributed by atoms with E-state index in [0.717, 1.165) is 6.42 Å². The number of carboxylic acid groups (broad SMARTS) is 1. The molecule has 0 spiro atoms. The van der Waals surface area contributed by atoms with Crippen molar-refractivity contribution >= 4 is 21.9 Å². The minimum Gasteiger partial charge on any atom is -0.488 e. The van der Waals surface area contributed by atoms with E-state index in [1.54, 1.807) is 0 Å². The molecule has 1 rings (SSSR count). The summed E-state index contributed by atoms with van der Waals surface area (Å²) in [5.74, 6) is -1.34. The zero-order chi connectivity index (χ0) is 13.9. The fourth-order valence-corrected chi connectivity index (χ4v) is 2.21. The summed E-state index contributed by atoms with van der Waals surface area (Å²) in [6, 6.07) is 2.67. The lowest BCUT2D eigenvalue weighted by atomic mass is 10.1. The molecule has 1 atom stereocenters. The smallest absolute Gasteiger partial charge is 0.336 e. The lowest BCUT2D eigenvalue weighted by molar-refractivity contribution is 0.0695. The minimum atomic E-state index is -1.18. The lowest BCUT2D eigenvalue weighted by Crippen LogP contribution is -2.15. The highest BCUT2D eigenvalue weighted by Crippen LogP contribution is 2.29. The van der Waals surface area contributed by atoms with E-state index in [-0.39, 0.29) is 21.9 Å². The second-order valence-electron chi connectivity index (χ2n) is 4.60. The average molecular weight is 319 g/mol. The summed E-state index contributed by atoms with van der Waals surface area (Å²) < 4.78 is 19.3. The van der Waals surface area contributed by atoms with Gasteiger partial charge < -0.3 is 9.84 Å². The van der Waals surface area contributed by atoms with Crippen LogP contribution in [-0.4, -0.2) is 17.2 Å². The number of halogens is 2. The number of ether oxygens (including phenoxy) is 1. The first kappa shape index (κ1) is 15.0. The summed E-state index contributed by atoms with van der Waals surface area (Å²) in [6.07, 6.45) is 0.680. The molecule has 3 nitrogen and oxygen atoms in total. The molecule has 1 aromatic rings. The summed E-state index contributed by atoms with van der Waals surface area (Å²) in [6.45, 7) is 5.97. The Kier molecular flexibility index (Phi) is 5.14. The van der Waals surface area contributed by atoms with Crippen LogP contribution < -0.4 is 4.74 Å². The van der Waals surface area contributed by atoms with Gasteiger partial charge in [0.05, 0.1) is 16.1 Å². The highest BCUT2D eigenvalue weighted by molar-refractivity contribution is 9.10. The number of carboxylic acids is 1. The molecule has 0 aliphatic rings. The van der Waals surface area contributed by atoms with Gasteiger partial charge >= 0.3 is 5.97 Å². The van der Waals surface area contributed by atoms with Gasteiger partial charge in [-0.25, -0.2) is 9.18 Å². The molecule has 0 aliphatic heterocycles. The van der Waals surface area contributed by atoms with Gasteiger partial charge in [0.25, 0.3) is 0 Å². The standard InChI is InChI=1S/C13H16BrFO3/c1-7(2)6-8(3)18-10-5-4-9(13(16)17)11(14)12(10)15/h4-5,7-8H,6H2,1-3H3,(H,16,17). The molecule has 0 saturated heterocycles. The monoisotopic (exact) mass is 318 g/mol. The molecule has 0 radical (unpaired) electrons. The van der Waals surface area contributed by atoms with Gasteiger partial charge in [-0.2, -0.15) is 0 Å². The van der Waals surface area contributed by atoms with Gasteiger partial charge in [-0.1, -0.05) is 13.8 Å². The van der Waals surface area contributed by atoms with E-state index in [9.17, 15) is 9.18 Å². The number of carbonyl (C=O) groups is 1. The third kappa shape index (κ3) is 3.70. The van der Waals surface area contributed by atoms with Crippen molar-refractivity contribution in [3.8, 4) is 5.75 Å². The molecule has 18 heavy (non-hydrogen) atoms. The van der Waals surface area contributed by atoms with Crippen molar-refractivity contribution in [2.45, 2.75) is 33.3 Å². The van der Waals surface area contributed by atoms with E-state index in [1.165, 1.54) is 12.1 Å². The van der Waals surface area contributed by atoms with E-state index in [4.69, 9.17) is 9.84 Å². The van der Waals surface area contributed by atoms with Crippen molar-refractivity contribution in [3.63, 3.8) is 0 Å². The quantitative estimate of drug-likeness (QED) is 0.889. The Balaban J connectivity index is 2.92. The molecular weight excluding hydrogens is 303 g/mol. The van der Waals surface area contributed by atoms with Crippen LogP contribution in [0.15, 0.2) is 16.6 Å². The van der Waals surface area contributed by atoms with E-state index < -0.39 is 11.8 Å². The van der Waals surface area contributed by atoms with Crippen LogP contribution in [0, 0.1) is 11.7 Å².